The van der Waals surface area contributed by atoms with Crippen LogP contribution in [0.25, 0.3) is 0 Å². The molecule has 106 valence electrons. The van der Waals surface area contributed by atoms with E-state index < -0.39 is 33.7 Å². The van der Waals surface area contributed by atoms with E-state index in [0.717, 1.165) is 0 Å². The van der Waals surface area contributed by atoms with Gasteiger partial charge >= 0.3 is 5.69 Å². The number of nitro groups is 1. The van der Waals surface area contributed by atoms with Crippen molar-refractivity contribution in [1.29, 1.82) is 0 Å². The number of thioether (sulfide) groups is 1. The third kappa shape index (κ3) is 3.93. The molecule has 0 atom stereocenters. The summed E-state index contributed by atoms with van der Waals surface area (Å²) in [5.41, 5.74) is -1.90. The molecule has 0 aliphatic carbocycles. The standard InChI is InChI=1S/C12H10F2N2O3S/c1-2-6-20-7-5-15-12(17)10-8(13)3-4-9(11(10)14)16(18)19/h1,3-4H,5-7H2,(H,15,17). The van der Waals surface area contributed by atoms with E-state index in [1.54, 1.807) is 0 Å². The number of hydrogen-bond acceptors (Lipinski definition) is 4. The number of amides is 1. The fourth-order valence-electron chi connectivity index (χ4n) is 1.35. The summed E-state index contributed by atoms with van der Waals surface area (Å²) in [6.07, 6.45) is 5.03. The molecule has 0 aliphatic heterocycles. The number of rotatable bonds is 6. The van der Waals surface area contributed by atoms with Crippen LogP contribution in [0.4, 0.5) is 14.5 Å². The highest BCUT2D eigenvalue weighted by atomic mass is 32.2. The van der Waals surface area contributed by atoms with Gasteiger partial charge < -0.3 is 5.32 Å². The van der Waals surface area contributed by atoms with E-state index in [2.05, 4.69) is 11.2 Å². The predicted molar refractivity (Wildman–Crippen MR) is 71.5 cm³/mol. The first-order valence-corrected chi connectivity index (χ1v) is 6.56. The molecule has 1 aromatic carbocycles. The molecule has 0 bridgehead atoms. The number of terminal acetylenes is 1. The van der Waals surface area contributed by atoms with Gasteiger partial charge in [-0.3, -0.25) is 14.9 Å². The Morgan fingerprint density at radius 3 is 2.80 bits per heavy atom. The number of halogens is 2. The Morgan fingerprint density at radius 1 is 1.50 bits per heavy atom. The van der Waals surface area contributed by atoms with Crippen molar-refractivity contribution in [3.8, 4) is 12.3 Å². The van der Waals surface area contributed by atoms with Crippen molar-refractivity contribution in [2.24, 2.45) is 0 Å². The zero-order valence-corrected chi connectivity index (χ0v) is 11.0. The molecule has 0 fully saturated rings. The first kappa shape index (κ1) is 15.9. The average molecular weight is 300 g/mol. The van der Waals surface area contributed by atoms with E-state index in [1.165, 1.54) is 11.8 Å². The largest absolute Gasteiger partial charge is 0.351 e. The van der Waals surface area contributed by atoms with Crippen molar-refractivity contribution in [2.75, 3.05) is 18.1 Å². The highest BCUT2D eigenvalue weighted by molar-refractivity contribution is 7.99. The topological polar surface area (TPSA) is 72.2 Å². The summed E-state index contributed by atoms with van der Waals surface area (Å²) in [7, 11) is 0. The minimum atomic E-state index is -1.48. The molecule has 0 heterocycles. The first-order chi connectivity index (χ1) is 9.49. The highest BCUT2D eigenvalue weighted by Gasteiger charge is 2.25. The van der Waals surface area contributed by atoms with Gasteiger partial charge in [0.1, 0.15) is 11.4 Å². The number of nitro benzene ring substituents is 1. The Hall–Kier alpha value is -2.14. The van der Waals surface area contributed by atoms with Crippen molar-refractivity contribution in [1.82, 2.24) is 5.32 Å². The van der Waals surface area contributed by atoms with Crippen molar-refractivity contribution >= 4 is 23.4 Å². The molecule has 0 saturated carbocycles. The van der Waals surface area contributed by atoms with Gasteiger partial charge in [-0.25, -0.2) is 4.39 Å². The molecule has 20 heavy (non-hydrogen) atoms. The van der Waals surface area contributed by atoms with Crippen molar-refractivity contribution < 1.29 is 18.5 Å². The summed E-state index contributed by atoms with van der Waals surface area (Å²) in [5.74, 6) is -0.370. The number of carbonyl (C=O) groups is 1. The van der Waals surface area contributed by atoms with Gasteiger partial charge in [0.25, 0.3) is 5.91 Å². The van der Waals surface area contributed by atoms with Gasteiger partial charge in [-0.2, -0.15) is 4.39 Å². The molecular formula is C12H10F2N2O3S. The molecule has 1 amide bonds. The number of carbonyl (C=O) groups excluding carboxylic acids is 1. The van der Waals surface area contributed by atoms with Crippen molar-refractivity contribution in [2.45, 2.75) is 0 Å². The lowest BCUT2D eigenvalue weighted by atomic mass is 10.1. The van der Waals surface area contributed by atoms with E-state index in [-0.39, 0.29) is 6.54 Å². The van der Waals surface area contributed by atoms with Gasteiger partial charge in [-0.05, 0) is 6.07 Å². The maximum absolute atomic E-state index is 13.7. The Kier molecular flexibility index (Phi) is 5.93. The third-order valence-electron chi connectivity index (χ3n) is 2.21. The van der Waals surface area contributed by atoms with Crippen LogP contribution in [0.1, 0.15) is 10.4 Å². The second-order valence-corrected chi connectivity index (χ2v) is 4.63. The number of hydrogen-bond donors (Lipinski definition) is 1. The summed E-state index contributed by atoms with van der Waals surface area (Å²) in [4.78, 5) is 21.1. The predicted octanol–water partition coefficient (Wildman–Crippen LogP) is 1.97. The van der Waals surface area contributed by atoms with Crippen LogP contribution in [0.2, 0.25) is 0 Å². The summed E-state index contributed by atoms with van der Waals surface area (Å²) in [6, 6.07) is 1.35. The molecule has 0 spiro atoms. The van der Waals surface area contributed by atoms with Crippen LogP contribution in [-0.2, 0) is 0 Å². The highest BCUT2D eigenvalue weighted by Crippen LogP contribution is 2.22. The fraction of sp³-hybridized carbons (Fsp3) is 0.250. The number of benzene rings is 1. The normalized spacial score (nSPS) is 9.85. The third-order valence-corrected chi connectivity index (χ3v) is 3.08. The van der Waals surface area contributed by atoms with Gasteiger partial charge in [0.15, 0.2) is 0 Å². The Labute approximate surface area is 117 Å². The number of nitrogens with zero attached hydrogens (tertiary/aromatic N) is 1. The number of nitrogens with one attached hydrogen (secondary N) is 1. The smallest absolute Gasteiger partial charge is 0.305 e. The van der Waals surface area contributed by atoms with Crippen LogP contribution >= 0.6 is 11.8 Å². The van der Waals surface area contributed by atoms with Crippen LogP contribution in [0.15, 0.2) is 12.1 Å². The summed E-state index contributed by atoms with van der Waals surface area (Å²) in [6.45, 7) is 0.146. The van der Waals surface area contributed by atoms with E-state index in [4.69, 9.17) is 6.42 Å². The fourth-order valence-corrected chi connectivity index (χ4v) is 1.86. The van der Waals surface area contributed by atoms with Gasteiger partial charge in [0.2, 0.25) is 5.82 Å². The van der Waals surface area contributed by atoms with Crippen LogP contribution < -0.4 is 5.32 Å². The van der Waals surface area contributed by atoms with Gasteiger partial charge in [-0.1, -0.05) is 5.92 Å². The second kappa shape index (κ2) is 7.45. The summed E-state index contributed by atoms with van der Waals surface area (Å²) in [5, 5.41) is 12.8. The summed E-state index contributed by atoms with van der Waals surface area (Å²) >= 11 is 1.36. The Morgan fingerprint density at radius 2 is 2.20 bits per heavy atom. The molecule has 1 N–H and O–H groups in total. The molecule has 8 heteroatoms. The van der Waals surface area contributed by atoms with Crippen LogP contribution in [-0.4, -0.2) is 28.9 Å². The maximum Gasteiger partial charge on any atom is 0.305 e. The second-order valence-electron chi connectivity index (χ2n) is 3.53. The lowest BCUT2D eigenvalue weighted by Crippen LogP contribution is -2.28. The van der Waals surface area contributed by atoms with Crippen LogP contribution in [0.3, 0.4) is 0 Å². The lowest BCUT2D eigenvalue weighted by molar-refractivity contribution is -0.387. The SMILES string of the molecule is C#CCSCCNC(=O)c1c(F)ccc([N+](=O)[O-])c1F. The molecule has 1 rings (SSSR count). The van der Waals surface area contributed by atoms with Gasteiger partial charge in [-0.15, -0.1) is 18.2 Å². The zero-order chi connectivity index (χ0) is 15.1. The van der Waals surface area contributed by atoms with Crippen LogP contribution in [0, 0.1) is 34.1 Å². The van der Waals surface area contributed by atoms with E-state index in [9.17, 15) is 23.7 Å². The van der Waals surface area contributed by atoms with E-state index >= 15 is 0 Å². The molecule has 0 unspecified atom stereocenters. The summed E-state index contributed by atoms with van der Waals surface area (Å²) < 4.78 is 27.1. The zero-order valence-electron chi connectivity index (χ0n) is 10.2. The first-order valence-electron chi connectivity index (χ1n) is 5.40. The minimum Gasteiger partial charge on any atom is -0.351 e. The maximum atomic E-state index is 13.7. The molecule has 5 nitrogen and oxygen atoms in total. The molecule has 0 aliphatic rings. The van der Waals surface area contributed by atoms with Gasteiger partial charge in [0.05, 0.1) is 10.7 Å². The monoisotopic (exact) mass is 300 g/mol. The van der Waals surface area contributed by atoms with Crippen molar-refractivity contribution in [3.05, 3.63) is 39.4 Å². The van der Waals surface area contributed by atoms with E-state index in [0.29, 0.717) is 23.6 Å². The van der Waals surface area contributed by atoms with Gasteiger partial charge in [0, 0.05) is 18.4 Å². The Bertz CT molecular complexity index is 573. The Balaban J connectivity index is 2.80. The minimum absolute atomic E-state index is 0.146. The molecule has 1 aromatic rings. The van der Waals surface area contributed by atoms with E-state index in [1.807, 2.05) is 0 Å². The average Bonchev–Trinajstić information content (AvgIpc) is 2.38. The molecule has 0 aromatic heterocycles. The van der Waals surface area contributed by atoms with Crippen molar-refractivity contribution in [3.63, 3.8) is 0 Å². The lowest BCUT2D eigenvalue weighted by Gasteiger charge is -2.06. The molecular weight excluding hydrogens is 290 g/mol. The van der Waals surface area contributed by atoms with Crippen LogP contribution in [0.5, 0.6) is 0 Å². The molecule has 0 radical (unpaired) electrons. The quantitative estimate of drug-likeness (QED) is 0.377. The molecule has 0 saturated heterocycles.